The Labute approximate surface area is 129 Å². The molecule has 2 rings (SSSR count). The summed E-state index contributed by atoms with van der Waals surface area (Å²) in [6, 6.07) is 15.2. The van der Waals surface area contributed by atoms with Gasteiger partial charge in [0, 0.05) is 29.5 Å². The summed E-state index contributed by atoms with van der Waals surface area (Å²) in [7, 11) is 1.58. The van der Waals surface area contributed by atoms with E-state index in [1.165, 1.54) is 0 Å². The minimum Gasteiger partial charge on any atom is -0.379 e. The molecule has 2 aromatic carbocycles. The smallest absolute Gasteiger partial charge is 0.318 e. The zero-order valence-corrected chi connectivity index (χ0v) is 12.7. The van der Waals surface area contributed by atoms with E-state index in [1.807, 2.05) is 48.5 Å². The lowest BCUT2D eigenvalue weighted by Crippen LogP contribution is -2.24. The monoisotopic (exact) mass is 303 g/mol. The lowest BCUT2D eigenvalue weighted by atomic mass is 10.1. The van der Waals surface area contributed by atoms with E-state index in [0.29, 0.717) is 0 Å². The number of carbonyl (C=O) groups is 1. The molecule has 0 bridgehead atoms. The van der Waals surface area contributed by atoms with Crippen molar-refractivity contribution in [3.8, 4) is 0 Å². The lowest BCUT2D eigenvalue weighted by Gasteiger charge is -2.16. The number of amides is 2. The van der Waals surface area contributed by atoms with Crippen molar-refractivity contribution >= 4 is 29.0 Å². The summed E-state index contributed by atoms with van der Waals surface area (Å²) in [5, 5.41) is 9.35. The summed E-state index contributed by atoms with van der Waals surface area (Å²) in [5.41, 5.74) is 2.84. The molecule has 0 fully saturated rings. The van der Waals surface area contributed by atoms with Gasteiger partial charge in [0.2, 0.25) is 0 Å². The van der Waals surface area contributed by atoms with E-state index in [4.69, 9.17) is 11.6 Å². The summed E-state index contributed by atoms with van der Waals surface area (Å²) >= 11 is 6.00. The highest BCUT2D eigenvalue weighted by Gasteiger charge is 2.06. The van der Waals surface area contributed by atoms with Gasteiger partial charge < -0.3 is 16.0 Å². The van der Waals surface area contributed by atoms with Crippen LogP contribution in [0.4, 0.5) is 16.2 Å². The Morgan fingerprint density at radius 1 is 1.10 bits per heavy atom. The standard InChI is InChI=1S/C16H18ClN3O/c1-11(12-4-3-5-13(17)10-12)19-14-6-8-15(9-7-14)20-16(21)18-2/h3-11,19H,1-2H3,(H2,18,20,21). The first-order valence-electron chi connectivity index (χ1n) is 6.69. The van der Waals surface area contributed by atoms with Crippen molar-refractivity contribution in [1.82, 2.24) is 5.32 Å². The van der Waals surface area contributed by atoms with Crippen molar-refractivity contribution in [1.29, 1.82) is 0 Å². The van der Waals surface area contributed by atoms with Gasteiger partial charge in [0.25, 0.3) is 0 Å². The van der Waals surface area contributed by atoms with E-state index in [-0.39, 0.29) is 12.1 Å². The number of anilines is 2. The lowest BCUT2D eigenvalue weighted by molar-refractivity contribution is 0.254. The Morgan fingerprint density at radius 3 is 2.38 bits per heavy atom. The fourth-order valence-corrected chi connectivity index (χ4v) is 2.15. The van der Waals surface area contributed by atoms with Crippen LogP contribution in [0.1, 0.15) is 18.5 Å². The molecular formula is C16H18ClN3O. The Morgan fingerprint density at radius 2 is 1.76 bits per heavy atom. The first-order valence-corrected chi connectivity index (χ1v) is 7.07. The number of benzene rings is 2. The van der Waals surface area contributed by atoms with Crippen LogP contribution in [0.3, 0.4) is 0 Å². The van der Waals surface area contributed by atoms with Crippen LogP contribution in [0.25, 0.3) is 0 Å². The first kappa shape index (κ1) is 15.2. The van der Waals surface area contributed by atoms with Gasteiger partial charge in [0.05, 0.1) is 0 Å². The molecule has 4 nitrogen and oxygen atoms in total. The molecule has 110 valence electrons. The zero-order chi connectivity index (χ0) is 15.2. The predicted molar refractivity (Wildman–Crippen MR) is 88.0 cm³/mol. The van der Waals surface area contributed by atoms with Crippen molar-refractivity contribution < 1.29 is 4.79 Å². The highest BCUT2D eigenvalue weighted by molar-refractivity contribution is 6.30. The highest BCUT2D eigenvalue weighted by atomic mass is 35.5. The normalized spacial score (nSPS) is 11.6. The summed E-state index contributed by atoms with van der Waals surface area (Å²) < 4.78 is 0. The van der Waals surface area contributed by atoms with Crippen molar-refractivity contribution in [3.05, 3.63) is 59.1 Å². The molecule has 0 aliphatic rings. The Hall–Kier alpha value is -2.20. The number of carbonyl (C=O) groups excluding carboxylic acids is 1. The molecule has 0 saturated heterocycles. The maximum absolute atomic E-state index is 11.2. The summed E-state index contributed by atoms with van der Waals surface area (Å²) in [6.07, 6.45) is 0. The van der Waals surface area contributed by atoms with Crippen LogP contribution in [-0.4, -0.2) is 13.1 Å². The van der Waals surface area contributed by atoms with E-state index in [2.05, 4.69) is 22.9 Å². The van der Waals surface area contributed by atoms with E-state index in [1.54, 1.807) is 7.05 Å². The molecule has 0 saturated carbocycles. The molecule has 2 aromatic rings. The van der Waals surface area contributed by atoms with Crippen LogP contribution in [0.2, 0.25) is 5.02 Å². The number of halogens is 1. The number of nitrogens with one attached hydrogen (secondary N) is 3. The van der Waals surface area contributed by atoms with E-state index < -0.39 is 0 Å². The number of urea groups is 1. The molecule has 1 atom stereocenters. The molecule has 0 aromatic heterocycles. The molecule has 0 spiro atoms. The molecule has 5 heteroatoms. The van der Waals surface area contributed by atoms with Crippen LogP contribution in [0, 0.1) is 0 Å². The number of hydrogen-bond acceptors (Lipinski definition) is 2. The van der Waals surface area contributed by atoms with Gasteiger partial charge in [-0.2, -0.15) is 0 Å². The van der Waals surface area contributed by atoms with Gasteiger partial charge in [-0.25, -0.2) is 4.79 Å². The van der Waals surface area contributed by atoms with Crippen molar-refractivity contribution in [2.45, 2.75) is 13.0 Å². The molecule has 0 aliphatic heterocycles. The van der Waals surface area contributed by atoms with Crippen molar-refractivity contribution in [3.63, 3.8) is 0 Å². The van der Waals surface area contributed by atoms with Crippen molar-refractivity contribution in [2.75, 3.05) is 17.7 Å². The van der Waals surface area contributed by atoms with E-state index in [0.717, 1.165) is 22.0 Å². The van der Waals surface area contributed by atoms with Crippen LogP contribution in [-0.2, 0) is 0 Å². The van der Waals surface area contributed by atoms with Gasteiger partial charge >= 0.3 is 6.03 Å². The minimum atomic E-state index is -0.233. The van der Waals surface area contributed by atoms with Crippen LogP contribution in [0.15, 0.2) is 48.5 Å². The minimum absolute atomic E-state index is 0.140. The van der Waals surface area contributed by atoms with Gasteiger partial charge in [-0.15, -0.1) is 0 Å². The third-order valence-electron chi connectivity index (χ3n) is 3.10. The Balaban J connectivity index is 2.01. The Kier molecular flexibility index (Phi) is 5.06. The molecule has 21 heavy (non-hydrogen) atoms. The summed E-state index contributed by atoms with van der Waals surface area (Å²) in [5.74, 6) is 0. The predicted octanol–water partition coefficient (Wildman–Crippen LogP) is 4.26. The fraction of sp³-hybridized carbons (Fsp3) is 0.188. The van der Waals surface area contributed by atoms with Gasteiger partial charge in [0.15, 0.2) is 0 Å². The maximum atomic E-state index is 11.2. The fourth-order valence-electron chi connectivity index (χ4n) is 1.95. The Bertz CT molecular complexity index is 613. The first-order chi connectivity index (χ1) is 10.1. The van der Waals surface area contributed by atoms with Crippen molar-refractivity contribution in [2.24, 2.45) is 0 Å². The highest BCUT2D eigenvalue weighted by Crippen LogP contribution is 2.22. The molecule has 2 amide bonds. The van der Waals surface area contributed by atoms with Crippen LogP contribution < -0.4 is 16.0 Å². The van der Waals surface area contributed by atoms with E-state index in [9.17, 15) is 4.79 Å². The summed E-state index contributed by atoms with van der Waals surface area (Å²) in [4.78, 5) is 11.2. The topological polar surface area (TPSA) is 53.2 Å². The van der Waals surface area contributed by atoms with Gasteiger partial charge in [-0.05, 0) is 48.9 Å². The zero-order valence-electron chi connectivity index (χ0n) is 12.0. The average molecular weight is 304 g/mol. The SMILES string of the molecule is CNC(=O)Nc1ccc(NC(C)c2cccc(Cl)c2)cc1. The third kappa shape index (κ3) is 4.39. The molecule has 0 radical (unpaired) electrons. The van der Waals surface area contributed by atoms with Gasteiger partial charge in [-0.3, -0.25) is 0 Å². The number of hydrogen-bond donors (Lipinski definition) is 3. The molecular weight excluding hydrogens is 286 g/mol. The van der Waals surface area contributed by atoms with Gasteiger partial charge in [-0.1, -0.05) is 23.7 Å². The second-order valence-corrected chi connectivity index (χ2v) is 5.14. The number of rotatable bonds is 4. The quantitative estimate of drug-likeness (QED) is 0.790. The third-order valence-corrected chi connectivity index (χ3v) is 3.34. The summed E-state index contributed by atoms with van der Waals surface area (Å²) in [6.45, 7) is 2.07. The maximum Gasteiger partial charge on any atom is 0.318 e. The van der Waals surface area contributed by atoms with Crippen LogP contribution >= 0.6 is 11.6 Å². The van der Waals surface area contributed by atoms with E-state index >= 15 is 0 Å². The second-order valence-electron chi connectivity index (χ2n) is 4.70. The van der Waals surface area contributed by atoms with Crippen LogP contribution in [0.5, 0.6) is 0 Å². The molecule has 3 N–H and O–H groups in total. The molecule has 0 aliphatic carbocycles. The molecule has 1 unspecified atom stereocenters. The largest absolute Gasteiger partial charge is 0.379 e. The average Bonchev–Trinajstić information content (AvgIpc) is 2.49. The van der Waals surface area contributed by atoms with Gasteiger partial charge in [0.1, 0.15) is 0 Å². The second kappa shape index (κ2) is 6.99. The molecule has 0 heterocycles.